The molecule has 0 saturated heterocycles. The van der Waals surface area contributed by atoms with Crippen molar-refractivity contribution in [2.45, 2.75) is 47.0 Å². The zero-order valence-corrected chi connectivity index (χ0v) is 31.0. The minimum atomic E-state index is 0.283. The summed E-state index contributed by atoms with van der Waals surface area (Å²) in [7, 11) is 0. The molecule has 0 amide bonds. The van der Waals surface area contributed by atoms with Gasteiger partial charge in [0.05, 0.1) is 0 Å². The van der Waals surface area contributed by atoms with Crippen LogP contribution in [0.5, 0.6) is 0 Å². The van der Waals surface area contributed by atoms with E-state index >= 15 is 0 Å². The van der Waals surface area contributed by atoms with Crippen molar-refractivity contribution in [3.05, 3.63) is 231 Å². The van der Waals surface area contributed by atoms with Gasteiger partial charge in [-0.1, -0.05) is 161 Å². The van der Waals surface area contributed by atoms with Gasteiger partial charge < -0.3 is 4.90 Å². The molecule has 0 fully saturated rings. The van der Waals surface area contributed by atoms with E-state index in [0.717, 1.165) is 29.0 Å². The van der Waals surface area contributed by atoms with Crippen LogP contribution in [0.4, 0.5) is 17.1 Å². The zero-order valence-electron chi connectivity index (χ0n) is 31.0. The maximum atomic E-state index is 2.36. The molecule has 1 heteroatoms. The maximum Gasteiger partial charge on any atom is 0.0462 e. The summed E-state index contributed by atoms with van der Waals surface area (Å²) >= 11 is 0. The monoisotopic (exact) mass is 673 g/mol. The highest BCUT2D eigenvalue weighted by atomic mass is 15.1. The van der Waals surface area contributed by atoms with Gasteiger partial charge in [-0.05, 0) is 122 Å². The minimum Gasteiger partial charge on any atom is -0.311 e. The number of aryl methyl sites for hydroxylation is 5. The van der Waals surface area contributed by atoms with Crippen molar-refractivity contribution >= 4 is 28.7 Å². The van der Waals surface area contributed by atoms with Gasteiger partial charge in [-0.25, -0.2) is 0 Å². The molecular weight excluding hydrogens is 627 g/mol. The summed E-state index contributed by atoms with van der Waals surface area (Å²) in [5, 5.41) is 0. The molecule has 7 aromatic rings. The summed E-state index contributed by atoms with van der Waals surface area (Å²) in [5.74, 6) is 0.283. The smallest absolute Gasteiger partial charge is 0.0462 e. The fourth-order valence-corrected chi connectivity index (χ4v) is 6.87. The molecule has 52 heavy (non-hydrogen) atoms. The SMILES string of the molecule is Cc1ccc(C(=Cc2ccc(N(c3ccc(C)cc3)c3ccc(CC(c4ccc(C)cc4)c4ccc(C)cc4)cc3)cc2)c2ccc(C)cc2)cc1. The molecule has 0 aliphatic carbocycles. The number of nitrogens with zero attached hydrogens (tertiary/aromatic N) is 1. The highest BCUT2D eigenvalue weighted by Gasteiger charge is 2.17. The van der Waals surface area contributed by atoms with Crippen molar-refractivity contribution in [2.24, 2.45) is 0 Å². The molecular formula is C51H47N. The first-order valence-electron chi connectivity index (χ1n) is 18.3. The van der Waals surface area contributed by atoms with E-state index in [0.29, 0.717) is 0 Å². The Balaban J connectivity index is 1.21. The summed E-state index contributed by atoms with van der Waals surface area (Å²) in [4.78, 5) is 2.36. The Morgan fingerprint density at radius 2 is 0.731 bits per heavy atom. The molecule has 0 spiro atoms. The van der Waals surface area contributed by atoms with Crippen molar-refractivity contribution < 1.29 is 0 Å². The van der Waals surface area contributed by atoms with E-state index in [1.54, 1.807) is 0 Å². The molecule has 0 unspecified atom stereocenters. The van der Waals surface area contributed by atoms with Crippen LogP contribution in [0, 0.1) is 34.6 Å². The predicted molar refractivity (Wildman–Crippen MR) is 223 cm³/mol. The van der Waals surface area contributed by atoms with E-state index in [9.17, 15) is 0 Å². The molecule has 256 valence electrons. The zero-order chi connectivity index (χ0) is 36.0. The van der Waals surface area contributed by atoms with Crippen molar-refractivity contribution in [3.8, 4) is 0 Å². The molecule has 0 bridgehead atoms. The van der Waals surface area contributed by atoms with Crippen LogP contribution < -0.4 is 4.90 Å². The number of hydrogen-bond acceptors (Lipinski definition) is 1. The van der Waals surface area contributed by atoms with Crippen LogP contribution in [0.15, 0.2) is 170 Å². The van der Waals surface area contributed by atoms with E-state index < -0.39 is 0 Å². The van der Waals surface area contributed by atoms with Gasteiger partial charge in [0.25, 0.3) is 0 Å². The van der Waals surface area contributed by atoms with Gasteiger partial charge in [0.15, 0.2) is 0 Å². The Morgan fingerprint density at radius 1 is 0.404 bits per heavy atom. The lowest BCUT2D eigenvalue weighted by molar-refractivity contribution is 0.804. The Bertz CT molecular complexity index is 2150. The van der Waals surface area contributed by atoms with Crippen molar-refractivity contribution in [1.82, 2.24) is 0 Å². The van der Waals surface area contributed by atoms with Crippen LogP contribution >= 0.6 is 0 Å². The quantitative estimate of drug-likeness (QED) is 0.131. The lowest BCUT2D eigenvalue weighted by Gasteiger charge is -2.26. The van der Waals surface area contributed by atoms with Gasteiger partial charge in [-0.2, -0.15) is 0 Å². The predicted octanol–water partition coefficient (Wildman–Crippen LogP) is 13.7. The first kappa shape index (κ1) is 34.5. The van der Waals surface area contributed by atoms with Crippen LogP contribution in [0.1, 0.15) is 67.1 Å². The molecule has 7 aromatic carbocycles. The molecule has 0 aliphatic heterocycles. The Morgan fingerprint density at radius 3 is 1.13 bits per heavy atom. The number of anilines is 3. The fourth-order valence-electron chi connectivity index (χ4n) is 6.87. The van der Waals surface area contributed by atoms with Crippen molar-refractivity contribution in [2.75, 3.05) is 4.90 Å². The molecule has 0 radical (unpaired) electrons. The number of rotatable bonds is 10. The fraction of sp³-hybridized carbons (Fsp3) is 0.137. The number of hydrogen-bond donors (Lipinski definition) is 0. The third-order valence-electron chi connectivity index (χ3n) is 10.1. The average Bonchev–Trinajstić information content (AvgIpc) is 3.17. The topological polar surface area (TPSA) is 3.24 Å². The third-order valence-corrected chi connectivity index (χ3v) is 10.1. The molecule has 0 aliphatic rings. The van der Waals surface area contributed by atoms with Crippen LogP contribution in [0.25, 0.3) is 11.6 Å². The van der Waals surface area contributed by atoms with Gasteiger partial charge >= 0.3 is 0 Å². The Labute approximate surface area is 310 Å². The average molecular weight is 674 g/mol. The molecule has 0 heterocycles. The molecule has 0 atom stereocenters. The third kappa shape index (κ3) is 8.17. The van der Waals surface area contributed by atoms with Gasteiger partial charge in [0.1, 0.15) is 0 Å². The molecule has 0 aromatic heterocycles. The second kappa shape index (κ2) is 15.5. The maximum absolute atomic E-state index is 2.36. The summed E-state index contributed by atoms with van der Waals surface area (Å²) in [6.07, 6.45) is 3.24. The molecule has 0 N–H and O–H groups in total. The van der Waals surface area contributed by atoms with E-state index in [4.69, 9.17) is 0 Å². The molecule has 0 saturated carbocycles. The van der Waals surface area contributed by atoms with E-state index in [1.807, 2.05) is 0 Å². The second-order valence-electron chi connectivity index (χ2n) is 14.3. The standard InChI is InChI=1S/C51H47N/c1-36-6-20-43(21-7-36)50(44-22-8-37(2)9-23-44)34-41-16-30-48(31-17-41)52(47-28-14-40(5)15-29-47)49-32-18-42(19-33-49)35-51(45-24-10-38(3)11-25-45)46-26-12-39(4)13-27-46/h6-34,51H,35H2,1-5H3. The first-order valence-corrected chi connectivity index (χ1v) is 18.3. The minimum absolute atomic E-state index is 0.283. The Kier molecular flexibility index (Phi) is 10.3. The lowest BCUT2D eigenvalue weighted by atomic mass is 9.85. The Hall–Kier alpha value is -5.92. The van der Waals surface area contributed by atoms with Gasteiger partial charge in [-0.3, -0.25) is 0 Å². The van der Waals surface area contributed by atoms with Crippen molar-refractivity contribution in [1.29, 1.82) is 0 Å². The summed E-state index contributed by atoms with van der Waals surface area (Å²) in [5.41, 5.74) is 18.6. The highest BCUT2D eigenvalue weighted by Crippen LogP contribution is 2.37. The second-order valence-corrected chi connectivity index (χ2v) is 14.3. The van der Waals surface area contributed by atoms with Crippen LogP contribution in [0.3, 0.4) is 0 Å². The highest BCUT2D eigenvalue weighted by molar-refractivity contribution is 5.92. The van der Waals surface area contributed by atoms with Crippen LogP contribution in [0.2, 0.25) is 0 Å². The van der Waals surface area contributed by atoms with Crippen LogP contribution in [-0.2, 0) is 6.42 Å². The van der Waals surface area contributed by atoms with E-state index in [2.05, 4.69) is 215 Å². The van der Waals surface area contributed by atoms with Crippen LogP contribution in [-0.4, -0.2) is 0 Å². The van der Waals surface area contributed by atoms with Crippen molar-refractivity contribution in [3.63, 3.8) is 0 Å². The first-order chi connectivity index (χ1) is 25.3. The largest absolute Gasteiger partial charge is 0.311 e. The van der Waals surface area contributed by atoms with Gasteiger partial charge in [-0.15, -0.1) is 0 Å². The van der Waals surface area contributed by atoms with E-state index in [-0.39, 0.29) is 5.92 Å². The van der Waals surface area contributed by atoms with E-state index in [1.165, 1.54) is 61.2 Å². The van der Waals surface area contributed by atoms with Gasteiger partial charge in [0.2, 0.25) is 0 Å². The molecule has 7 rings (SSSR count). The lowest BCUT2D eigenvalue weighted by Crippen LogP contribution is -2.10. The van der Waals surface area contributed by atoms with Gasteiger partial charge in [0, 0.05) is 23.0 Å². The number of benzene rings is 7. The normalized spacial score (nSPS) is 11.0. The summed E-state index contributed by atoms with van der Waals surface area (Å²) in [6, 6.07) is 62.7. The summed E-state index contributed by atoms with van der Waals surface area (Å²) < 4.78 is 0. The molecule has 1 nitrogen and oxygen atoms in total. The summed E-state index contributed by atoms with van der Waals surface area (Å²) in [6.45, 7) is 10.7.